The van der Waals surface area contributed by atoms with Crippen molar-refractivity contribution >= 4 is 100 Å². The van der Waals surface area contributed by atoms with Gasteiger partial charge in [-0.2, -0.15) is 0 Å². The van der Waals surface area contributed by atoms with Gasteiger partial charge in [0.05, 0.1) is 32.2 Å². The molecule has 35 heteroatoms. The number of aliphatic carboxylic acids is 1. The van der Waals surface area contributed by atoms with Crippen molar-refractivity contribution in [2.75, 3.05) is 32.7 Å². The molecule has 13 atom stereocenters. The standard InChI is InChI=1S/C72H113N17O18/c1-16-41(10)60(89-65(100)45(14)80-54(90)32-74-61(96)42(11)81-63(98)44(13)79-55(91)33-77-71(106)59(73)40(8)9)72(107)88-49(27-37(2)3)66(101)75-34-56(92)84-50(28-38(4)5)69(104)86-52(30-47-23-19-17-20-24-47)67(102)76-35-57(93)85-51(29-39(6)7)70(105)87-53(31-48-25-21-18-22-26-48)68(103)83-46(15)64(99)82-43(12)62(97)78-36-58(94)95/h17-26,37-46,49-53,59-60H,16,27-36,73H2,1-15H3,(H,74,96)(H,75,101)(H,76,102)(H,77,106)(H,78,97)(H,79,91)(H,80,90)(H,81,98)(H,82,99)(H,83,103)(H,84,92)(H,85,93)(H,86,104)(H,87,105)(H,88,107)(H,89,100)(H,94,95)/t41-,42-,43-,44-,45-,46-,49-,50-,51-,52-,53-,59-,60-/m0/s1. The highest BCUT2D eigenvalue weighted by Gasteiger charge is 2.35. The van der Waals surface area contributed by atoms with Crippen LogP contribution in [0.2, 0.25) is 0 Å². The Morgan fingerprint density at radius 1 is 0.318 bits per heavy atom. The monoisotopic (exact) mass is 1500 g/mol. The normalized spacial score (nSPS) is 14.7. The summed E-state index contributed by atoms with van der Waals surface area (Å²) in [6.07, 6.45) is 0.378. The van der Waals surface area contributed by atoms with Crippen molar-refractivity contribution in [3.8, 4) is 0 Å². The SMILES string of the molecule is CC[C@H](C)[C@H](NC(=O)[C@H](C)NC(=O)CNC(=O)[C@H](C)NC(=O)[C@H](C)NC(=O)CNC(=O)[C@@H](N)C(C)C)C(=O)N[C@@H](CC(C)C)C(=O)NCC(=O)N[C@@H](CC(C)C)C(=O)N[C@@H](Cc1ccccc1)C(=O)NCC(=O)N[C@@H](CC(C)C)C(=O)N[C@@H](Cc1ccccc1)C(=O)N[C@@H](C)C(=O)N[C@@H](C)C(=O)NCC(=O)O. The smallest absolute Gasteiger partial charge is 0.322 e. The van der Waals surface area contributed by atoms with Gasteiger partial charge < -0.3 is 95.9 Å². The Labute approximate surface area is 624 Å². The summed E-state index contributed by atoms with van der Waals surface area (Å²) in [4.78, 5) is 225. The summed E-state index contributed by atoms with van der Waals surface area (Å²) >= 11 is 0. The van der Waals surface area contributed by atoms with Crippen molar-refractivity contribution in [1.82, 2.24) is 85.1 Å². The molecule has 0 spiro atoms. The number of rotatable bonds is 46. The molecule has 0 aromatic heterocycles. The lowest BCUT2D eigenvalue weighted by molar-refractivity contribution is -0.138. The molecule has 0 saturated carbocycles. The molecule has 2 aromatic rings. The second kappa shape index (κ2) is 47.1. The lowest BCUT2D eigenvalue weighted by atomic mass is 9.96. The van der Waals surface area contributed by atoms with Crippen LogP contribution in [0, 0.1) is 29.6 Å². The lowest BCUT2D eigenvalue weighted by Crippen LogP contribution is -2.59. The third-order valence-corrected chi connectivity index (χ3v) is 16.6. The van der Waals surface area contributed by atoms with Crippen molar-refractivity contribution in [2.45, 2.75) is 215 Å². The minimum absolute atomic E-state index is 0.0470. The average molecular weight is 1500 g/mol. The van der Waals surface area contributed by atoms with Crippen LogP contribution in [0.4, 0.5) is 0 Å². The number of carboxylic acid groups (broad SMARTS) is 1. The van der Waals surface area contributed by atoms with Crippen LogP contribution >= 0.6 is 0 Å². The molecule has 2 aromatic carbocycles. The summed E-state index contributed by atoms with van der Waals surface area (Å²) in [7, 11) is 0. The summed E-state index contributed by atoms with van der Waals surface area (Å²) in [6, 6.07) is 2.58. The second-order valence-corrected chi connectivity index (χ2v) is 28.1. The van der Waals surface area contributed by atoms with E-state index >= 15 is 0 Å². The summed E-state index contributed by atoms with van der Waals surface area (Å²) < 4.78 is 0. The highest BCUT2D eigenvalue weighted by Crippen LogP contribution is 2.14. The first kappa shape index (κ1) is 92.5. The molecule has 0 unspecified atom stereocenters. The minimum atomic E-state index is -1.35. The van der Waals surface area contributed by atoms with Crippen molar-refractivity contribution in [3.05, 3.63) is 71.8 Å². The van der Waals surface area contributed by atoms with Gasteiger partial charge in [-0.25, -0.2) is 0 Å². The zero-order chi connectivity index (χ0) is 80.9. The molecule has 0 fully saturated rings. The Bertz CT molecular complexity index is 3380. The van der Waals surface area contributed by atoms with Crippen LogP contribution in [0.15, 0.2) is 60.7 Å². The first-order valence-electron chi connectivity index (χ1n) is 35.9. The van der Waals surface area contributed by atoms with Gasteiger partial charge >= 0.3 is 5.97 Å². The number of nitrogens with one attached hydrogen (secondary N) is 16. The van der Waals surface area contributed by atoms with E-state index in [0.717, 1.165) is 0 Å². The predicted octanol–water partition coefficient (Wildman–Crippen LogP) is -3.26. The molecule has 107 heavy (non-hydrogen) atoms. The summed E-state index contributed by atoms with van der Waals surface area (Å²) in [5.41, 5.74) is 7.00. The molecule has 0 heterocycles. The van der Waals surface area contributed by atoms with Crippen LogP contribution in [0.5, 0.6) is 0 Å². The number of carbonyl (C=O) groups excluding carboxylic acids is 16. The van der Waals surface area contributed by atoms with Gasteiger partial charge in [-0.05, 0) is 94.6 Å². The average Bonchev–Trinajstić information content (AvgIpc) is 0.859. The molecule has 0 saturated heterocycles. The van der Waals surface area contributed by atoms with Crippen molar-refractivity contribution in [3.63, 3.8) is 0 Å². The molecule has 2 rings (SSSR count). The van der Waals surface area contributed by atoms with E-state index in [1.807, 2.05) is 0 Å². The molecule has 0 aliphatic rings. The van der Waals surface area contributed by atoms with E-state index in [9.17, 15) is 81.5 Å². The third kappa shape index (κ3) is 35.8. The van der Waals surface area contributed by atoms with Gasteiger partial charge in [0, 0.05) is 12.8 Å². The van der Waals surface area contributed by atoms with E-state index < -0.39 is 212 Å². The van der Waals surface area contributed by atoms with Crippen LogP contribution < -0.4 is 90.8 Å². The maximum absolute atomic E-state index is 14.3. The molecule has 0 aliphatic carbocycles. The van der Waals surface area contributed by atoms with E-state index in [1.165, 1.54) is 34.6 Å². The number of carboxylic acids is 1. The summed E-state index contributed by atoms with van der Waals surface area (Å²) in [6.45, 7) is 21.1. The molecule has 16 amide bonds. The Hall–Kier alpha value is -10.6. The van der Waals surface area contributed by atoms with Gasteiger partial charge in [-0.15, -0.1) is 0 Å². The minimum Gasteiger partial charge on any atom is -0.480 e. The van der Waals surface area contributed by atoms with Crippen LogP contribution in [0.1, 0.15) is 141 Å². The van der Waals surface area contributed by atoms with E-state index in [-0.39, 0.29) is 55.8 Å². The highest BCUT2D eigenvalue weighted by atomic mass is 16.4. The van der Waals surface area contributed by atoms with Gasteiger partial charge in [-0.1, -0.05) is 136 Å². The number of hydrogen-bond acceptors (Lipinski definition) is 18. The zero-order valence-corrected chi connectivity index (χ0v) is 63.8. The summed E-state index contributed by atoms with van der Waals surface area (Å²) in [5.74, 6) is -15.0. The third-order valence-electron chi connectivity index (χ3n) is 16.6. The van der Waals surface area contributed by atoms with Gasteiger partial charge in [0.15, 0.2) is 0 Å². The fourth-order valence-electron chi connectivity index (χ4n) is 10.2. The van der Waals surface area contributed by atoms with Crippen LogP contribution in [0.3, 0.4) is 0 Å². The fourth-order valence-corrected chi connectivity index (χ4v) is 10.2. The second-order valence-electron chi connectivity index (χ2n) is 28.1. The van der Waals surface area contributed by atoms with Crippen LogP contribution in [-0.2, 0) is 94.3 Å². The number of hydrogen-bond donors (Lipinski definition) is 18. The maximum atomic E-state index is 14.3. The first-order valence-corrected chi connectivity index (χ1v) is 35.9. The molecular formula is C72H113N17O18. The molecule has 0 radical (unpaired) electrons. The van der Waals surface area contributed by atoms with Gasteiger partial charge in [0.2, 0.25) is 94.5 Å². The predicted molar refractivity (Wildman–Crippen MR) is 393 cm³/mol. The Balaban J connectivity index is 2.18. The molecule has 0 bridgehead atoms. The Morgan fingerprint density at radius 3 is 0.981 bits per heavy atom. The first-order chi connectivity index (χ1) is 50.1. The number of nitrogens with two attached hydrogens (primary N) is 1. The summed E-state index contributed by atoms with van der Waals surface area (Å²) in [5, 5.41) is 48.9. The van der Waals surface area contributed by atoms with E-state index in [2.05, 4.69) is 85.1 Å². The molecule has 35 nitrogen and oxygen atoms in total. The van der Waals surface area contributed by atoms with Crippen molar-refractivity contribution < 1.29 is 86.6 Å². The topological polar surface area (TPSA) is 529 Å². The molecule has 19 N–H and O–H groups in total. The number of benzene rings is 2. The zero-order valence-electron chi connectivity index (χ0n) is 63.8. The molecule has 594 valence electrons. The van der Waals surface area contributed by atoms with Gasteiger partial charge in [0.25, 0.3) is 0 Å². The molecular weight excluding hydrogens is 1390 g/mol. The maximum Gasteiger partial charge on any atom is 0.322 e. The number of carbonyl (C=O) groups is 17. The largest absolute Gasteiger partial charge is 0.480 e. The van der Waals surface area contributed by atoms with E-state index in [0.29, 0.717) is 17.5 Å². The van der Waals surface area contributed by atoms with E-state index in [4.69, 9.17) is 10.8 Å². The quantitative estimate of drug-likeness (QED) is 0.0309. The van der Waals surface area contributed by atoms with E-state index in [1.54, 1.807) is 130 Å². The highest BCUT2D eigenvalue weighted by molar-refractivity contribution is 6.00. The number of amides is 16. The Kier molecular flexibility index (Phi) is 40.7. The van der Waals surface area contributed by atoms with Gasteiger partial charge in [-0.3, -0.25) is 81.5 Å². The van der Waals surface area contributed by atoms with Gasteiger partial charge in [0.1, 0.15) is 73.0 Å². The van der Waals surface area contributed by atoms with Crippen molar-refractivity contribution in [1.29, 1.82) is 0 Å². The lowest BCUT2D eigenvalue weighted by Gasteiger charge is -2.28. The van der Waals surface area contributed by atoms with Crippen LogP contribution in [-0.4, -0.2) is 211 Å². The van der Waals surface area contributed by atoms with Crippen molar-refractivity contribution in [2.24, 2.45) is 35.3 Å². The Morgan fingerprint density at radius 2 is 0.607 bits per heavy atom. The van der Waals surface area contributed by atoms with Crippen LogP contribution in [0.25, 0.3) is 0 Å². The molecule has 0 aliphatic heterocycles. The fraction of sp³-hybridized carbons (Fsp3) is 0.597.